The molecule has 0 N–H and O–H groups in total. The molecule has 8 nitrogen and oxygen atoms in total. The quantitative estimate of drug-likeness (QED) is 0.677. The lowest BCUT2D eigenvalue weighted by atomic mass is 10.1. The first-order valence-corrected chi connectivity index (χ1v) is 12.6. The van der Waals surface area contributed by atoms with Crippen molar-refractivity contribution in [2.24, 2.45) is 0 Å². The molecular formula is C19H22N2O6S2. The predicted molar refractivity (Wildman–Crippen MR) is 105 cm³/mol. The van der Waals surface area contributed by atoms with Gasteiger partial charge in [-0.15, -0.1) is 0 Å². The number of hydrogen-bond acceptors (Lipinski definition) is 6. The zero-order valence-electron chi connectivity index (χ0n) is 15.7. The summed E-state index contributed by atoms with van der Waals surface area (Å²) in [5.41, 5.74) is 0.340. The lowest BCUT2D eigenvalue weighted by Crippen LogP contribution is -2.57. The summed E-state index contributed by atoms with van der Waals surface area (Å²) >= 11 is 0. The third-order valence-corrected chi connectivity index (χ3v) is 9.28. The molecule has 156 valence electrons. The molecule has 0 unspecified atom stereocenters. The molecule has 3 heterocycles. The number of carbonyl (C=O) groups is 1. The van der Waals surface area contributed by atoms with E-state index in [0.717, 1.165) is 12.8 Å². The van der Waals surface area contributed by atoms with Crippen molar-refractivity contribution in [2.45, 2.75) is 28.7 Å². The molecule has 29 heavy (non-hydrogen) atoms. The molecular weight excluding hydrogens is 416 g/mol. The Hall–Kier alpha value is -2.17. The molecule has 4 rings (SSSR count). The van der Waals surface area contributed by atoms with Gasteiger partial charge in [0.05, 0.1) is 16.4 Å². The number of sulfonamides is 1. The minimum atomic E-state index is -3.53. The summed E-state index contributed by atoms with van der Waals surface area (Å²) in [6.07, 6.45) is 3.14. The van der Waals surface area contributed by atoms with E-state index in [4.69, 9.17) is 4.42 Å². The van der Waals surface area contributed by atoms with E-state index in [9.17, 15) is 21.6 Å². The maximum Gasteiger partial charge on any atom is 0.253 e. The average molecular weight is 439 g/mol. The maximum absolute atomic E-state index is 12.6. The number of sulfone groups is 1. The topological polar surface area (TPSA) is 105 Å². The summed E-state index contributed by atoms with van der Waals surface area (Å²) in [6.45, 7) is 1.28. The van der Waals surface area contributed by atoms with E-state index >= 15 is 0 Å². The van der Waals surface area contributed by atoms with Gasteiger partial charge in [0, 0.05) is 31.7 Å². The largest absolute Gasteiger partial charge is 0.468 e. The number of nitrogens with zero attached hydrogens (tertiary/aromatic N) is 2. The fourth-order valence-corrected chi connectivity index (χ4v) is 6.70. The van der Waals surface area contributed by atoms with Crippen molar-refractivity contribution in [1.29, 1.82) is 0 Å². The van der Waals surface area contributed by atoms with E-state index in [0.29, 0.717) is 24.4 Å². The van der Waals surface area contributed by atoms with E-state index in [1.54, 1.807) is 12.1 Å². The molecule has 0 aliphatic carbocycles. The van der Waals surface area contributed by atoms with E-state index in [1.807, 2.05) is 0 Å². The normalized spacial score (nSPS) is 18.7. The van der Waals surface area contributed by atoms with Gasteiger partial charge in [-0.3, -0.25) is 4.79 Å². The molecule has 1 aromatic carbocycles. The first kappa shape index (κ1) is 20.1. The lowest BCUT2D eigenvalue weighted by molar-refractivity contribution is 0.0658. The van der Waals surface area contributed by atoms with Crippen LogP contribution in [0.25, 0.3) is 0 Å². The minimum Gasteiger partial charge on any atom is -0.468 e. The van der Waals surface area contributed by atoms with Crippen LogP contribution < -0.4 is 0 Å². The van der Waals surface area contributed by atoms with Crippen molar-refractivity contribution in [3.8, 4) is 0 Å². The van der Waals surface area contributed by atoms with Crippen LogP contribution >= 0.6 is 0 Å². The van der Waals surface area contributed by atoms with Crippen LogP contribution in [0.3, 0.4) is 0 Å². The molecule has 0 bridgehead atoms. The van der Waals surface area contributed by atoms with Gasteiger partial charge in [0.15, 0.2) is 9.84 Å². The third-order valence-electron chi connectivity index (χ3n) is 5.37. The van der Waals surface area contributed by atoms with E-state index in [-0.39, 0.29) is 29.6 Å². The van der Waals surface area contributed by atoms with Gasteiger partial charge in [-0.2, -0.15) is 4.31 Å². The molecule has 10 heteroatoms. The molecule has 2 fully saturated rings. The smallest absolute Gasteiger partial charge is 0.253 e. The molecule has 0 spiro atoms. The Labute approximate surface area is 170 Å². The summed E-state index contributed by atoms with van der Waals surface area (Å²) in [5.74, 6) is -0.111. The standard InChI is InChI=1S/C19H22N2O6S2/c22-19(20-12-18(13-20)28(23,24)14-16-4-3-11-27-16)15-5-7-17(8-6-15)29(25,26)21-9-1-2-10-21/h3-8,11,18H,1-2,9-10,12-14H2. The van der Waals surface area contributed by atoms with Crippen LogP contribution in [0.15, 0.2) is 52.0 Å². The second kappa shape index (κ2) is 7.58. The van der Waals surface area contributed by atoms with Gasteiger partial charge in [-0.05, 0) is 49.2 Å². The Morgan fingerprint density at radius 1 is 1.00 bits per heavy atom. The molecule has 2 aromatic rings. The van der Waals surface area contributed by atoms with Gasteiger partial charge in [0.2, 0.25) is 10.0 Å². The van der Waals surface area contributed by atoms with Gasteiger partial charge < -0.3 is 9.32 Å². The van der Waals surface area contributed by atoms with Gasteiger partial charge in [-0.25, -0.2) is 16.8 Å². The van der Waals surface area contributed by atoms with Gasteiger partial charge in [-0.1, -0.05) is 0 Å². The molecule has 0 radical (unpaired) electrons. The van der Waals surface area contributed by atoms with Gasteiger partial charge >= 0.3 is 0 Å². The average Bonchev–Trinajstić information content (AvgIpc) is 3.34. The zero-order chi connectivity index (χ0) is 20.6. The predicted octanol–water partition coefficient (Wildman–Crippen LogP) is 1.50. The van der Waals surface area contributed by atoms with Crippen LogP contribution in [0.1, 0.15) is 29.0 Å². The Bertz CT molecular complexity index is 1080. The zero-order valence-corrected chi connectivity index (χ0v) is 17.4. The van der Waals surface area contributed by atoms with E-state index in [2.05, 4.69) is 0 Å². The van der Waals surface area contributed by atoms with Crippen molar-refractivity contribution in [3.05, 3.63) is 54.0 Å². The number of rotatable bonds is 6. The number of amides is 1. The number of carbonyl (C=O) groups excluding carboxylic acids is 1. The van der Waals surface area contributed by atoms with Crippen molar-refractivity contribution in [2.75, 3.05) is 26.2 Å². The Morgan fingerprint density at radius 2 is 1.66 bits per heavy atom. The maximum atomic E-state index is 12.6. The molecule has 1 amide bonds. The molecule has 2 aliphatic rings. The minimum absolute atomic E-state index is 0.121. The van der Waals surface area contributed by atoms with E-state index in [1.165, 1.54) is 39.7 Å². The number of benzene rings is 1. The highest BCUT2D eigenvalue weighted by Crippen LogP contribution is 2.24. The Morgan fingerprint density at radius 3 is 2.24 bits per heavy atom. The molecule has 0 atom stereocenters. The first-order chi connectivity index (χ1) is 13.8. The lowest BCUT2D eigenvalue weighted by Gasteiger charge is -2.38. The summed E-state index contributed by atoms with van der Waals surface area (Å²) in [6, 6.07) is 9.08. The summed E-state index contributed by atoms with van der Waals surface area (Å²) in [4.78, 5) is 14.2. The van der Waals surface area contributed by atoms with Crippen LogP contribution in [-0.4, -0.2) is 63.4 Å². The first-order valence-electron chi connectivity index (χ1n) is 9.41. The van der Waals surface area contributed by atoms with Crippen molar-refractivity contribution < 1.29 is 26.0 Å². The highest BCUT2D eigenvalue weighted by Gasteiger charge is 2.40. The van der Waals surface area contributed by atoms with Gasteiger partial charge in [0.1, 0.15) is 11.5 Å². The van der Waals surface area contributed by atoms with Crippen LogP contribution in [0.4, 0.5) is 0 Å². The van der Waals surface area contributed by atoms with Crippen LogP contribution in [0, 0.1) is 0 Å². The fourth-order valence-electron chi connectivity index (χ4n) is 3.57. The van der Waals surface area contributed by atoms with Crippen molar-refractivity contribution in [1.82, 2.24) is 9.21 Å². The number of furan rings is 1. The second-order valence-electron chi connectivity index (χ2n) is 7.35. The van der Waals surface area contributed by atoms with Crippen molar-refractivity contribution >= 4 is 25.8 Å². The highest BCUT2D eigenvalue weighted by atomic mass is 32.2. The van der Waals surface area contributed by atoms with Crippen molar-refractivity contribution in [3.63, 3.8) is 0 Å². The van der Waals surface area contributed by atoms with Crippen LogP contribution in [0.2, 0.25) is 0 Å². The monoisotopic (exact) mass is 438 g/mol. The van der Waals surface area contributed by atoms with Crippen LogP contribution in [0.5, 0.6) is 0 Å². The highest BCUT2D eigenvalue weighted by molar-refractivity contribution is 7.91. The summed E-state index contributed by atoms with van der Waals surface area (Å²) < 4.78 is 56.5. The Balaban J connectivity index is 1.38. The second-order valence-corrected chi connectivity index (χ2v) is 11.6. The Kier molecular flexibility index (Phi) is 5.26. The van der Waals surface area contributed by atoms with Gasteiger partial charge in [0.25, 0.3) is 5.91 Å². The number of hydrogen-bond donors (Lipinski definition) is 0. The molecule has 2 aliphatic heterocycles. The molecule has 0 saturated carbocycles. The summed E-state index contributed by atoms with van der Waals surface area (Å²) in [5, 5.41) is -0.619. The van der Waals surface area contributed by atoms with Crippen LogP contribution in [-0.2, 0) is 25.6 Å². The van der Waals surface area contributed by atoms with E-state index < -0.39 is 25.1 Å². The summed E-state index contributed by atoms with van der Waals surface area (Å²) in [7, 11) is -6.93. The fraction of sp³-hybridized carbons (Fsp3) is 0.421. The SMILES string of the molecule is O=C(c1ccc(S(=O)(=O)N2CCCC2)cc1)N1CC(S(=O)(=O)Cc2ccco2)C1. The third kappa shape index (κ3) is 3.96. The number of likely N-dealkylation sites (tertiary alicyclic amines) is 1. The molecule has 2 saturated heterocycles. The molecule has 1 aromatic heterocycles.